The lowest BCUT2D eigenvalue weighted by Gasteiger charge is -2.11. The third-order valence-corrected chi connectivity index (χ3v) is 2.25. The number of nitrogens with two attached hydrogens (primary N) is 1. The van der Waals surface area contributed by atoms with Crippen molar-refractivity contribution in [1.82, 2.24) is 15.2 Å². The van der Waals surface area contributed by atoms with Gasteiger partial charge in [0.15, 0.2) is 0 Å². The fraction of sp³-hybridized carbons (Fsp3) is 0.222. The van der Waals surface area contributed by atoms with Crippen LogP contribution in [0.2, 0.25) is 0 Å². The molecule has 1 aliphatic heterocycles. The molecule has 7 nitrogen and oxygen atoms in total. The number of rotatable bonds is 3. The number of hydrogen-bond donors (Lipinski definition) is 3. The number of nitrogens with zero attached hydrogens (tertiary/aromatic N) is 2. The summed E-state index contributed by atoms with van der Waals surface area (Å²) < 4.78 is 0. The Kier molecular flexibility index (Phi) is 2.69. The summed E-state index contributed by atoms with van der Waals surface area (Å²) in [5.74, 6) is 5.46. The maximum atomic E-state index is 11.3. The summed E-state index contributed by atoms with van der Waals surface area (Å²) >= 11 is 0. The first kappa shape index (κ1) is 10.4. The second-order valence-corrected chi connectivity index (χ2v) is 3.33. The lowest BCUT2D eigenvalue weighted by Crippen LogP contribution is -2.30. The van der Waals surface area contributed by atoms with Gasteiger partial charge in [-0.05, 0) is 11.6 Å². The summed E-state index contributed by atoms with van der Waals surface area (Å²) in [5, 5.41) is 2.45. The van der Waals surface area contributed by atoms with Crippen LogP contribution in [0.1, 0.15) is 5.56 Å². The SMILES string of the molecule is NNc1ccc(CN2C(=O)CNC2=O)cn1. The maximum absolute atomic E-state index is 11.3. The lowest BCUT2D eigenvalue weighted by atomic mass is 10.2. The van der Waals surface area contributed by atoms with Crippen molar-refractivity contribution in [3.8, 4) is 0 Å². The minimum absolute atomic E-state index is 0.0642. The third kappa shape index (κ3) is 1.94. The Morgan fingerprint density at radius 1 is 1.50 bits per heavy atom. The second-order valence-electron chi connectivity index (χ2n) is 3.33. The number of hydrogen-bond acceptors (Lipinski definition) is 5. The molecule has 0 aliphatic carbocycles. The molecule has 16 heavy (non-hydrogen) atoms. The Morgan fingerprint density at radius 2 is 2.31 bits per heavy atom. The van der Waals surface area contributed by atoms with Crippen molar-refractivity contribution in [3.05, 3.63) is 23.9 Å². The number of nitrogens with one attached hydrogen (secondary N) is 2. The Morgan fingerprint density at radius 3 is 2.81 bits per heavy atom. The zero-order valence-corrected chi connectivity index (χ0v) is 8.43. The molecule has 1 aromatic heterocycles. The number of imide groups is 1. The molecule has 84 valence electrons. The molecule has 0 spiro atoms. The van der Waals surface area contributed by atoms with Gasteiger partial charge in [0.25, 0.3) is 0 Å². The largest absolute Gasteiger partial charge is 0.329 e. The summed E-state index contributed by atoms with van der Waals surface area (Å²) in [7, 11) is 0. The third-order valence-electron chi connectivity index (χ3n) is 2.25. The number of amides is 3. The van der Waals surface area contributed by atoms with Crippen LogP contribution >= 0.6 is 0 Å². The highest BCUT2D eigenvalue weighted by Gasteiger charge is 2.28. The van der Waals surface area contributed by atoms with E-state index >= 15 is 0 Å². The van der Waals surface area contributed by atoms with E-state index in [1.54, 1.807) is 18.3 Å². The molecule has 0 radical (unpaired) electrons. The normalized spacial score (nSPS) is 15.2. The van der Waals surface area contributed by atoms with E-state index in [1.165, 1.54) is 0 Å². The Balaban J connectivity index is 2.08. The van der Waals surface area contributed by atoms with Crippen molar-refractivity contribution in [1.29, 1.82) is 0 Å². The second kappa shape index (κ2) is 4.15. The number of aromatic nitrogens is 1. The van der Waals surface area contributed by atoms with Gasteiger partial charge in [0.2, 0.25) is 5.91 Å². The van der Waals surface area contributed by atoms with Gasteiger partial charge >= 0.3 is 6.03 Å². The van der Waals surface area contributed by atoms with Crippen LogP contribution in [-0.4, -0.2) is 28.4 Å². The smallest absolute Gasteiger partial charge is 0.324 e. The van der Waals surface area contributed by atoms with E-state index in [1.807, 2.05) is 0 Å². The van der Waals surface area contributed by atoms with Crippen molar-refractivity contribution in [3.63, 3.8) is 0 Å². The van der Waals surface area contributed by atoms with E-state index in [9.17, 15) is 9.59 Å². The van der Waals surface area contributed by atoms with Gasteiger partial charge in [0.1, 0.15) is 5.82 Å². The minimum Gasteiger partial charge on any atom is -0.329 e. The van der Waals surface area contributed by atoms with Crippen LogP contribution in [0.5, 0.6) is 0 Å². The van der Waals surface area contributed by atoms with Crippen LogP contribution in [-0.2, 0) is 11.3 Å². The number of urea groups is 1. The van der Waals surface area contributed by atoms with E-state index in [4.69, 9.17) is 5.84 Å². The molecule has 4 N–H and O–H groups in total. The fourth-order valence-corrected chi connectivity index (χ4v) is 1.40. The fourth-order valence-electron chi connectivity index (χ4n) is 1.40. The molecule has 7 heteroatoms. The standard InChI is InChI=1S/C9H11N5O2/c10-13-7-2-1-6(3-11-7)5-14-8(15)4-12-9(14)16/h1-3H,4-5,10H2,(H,11,13)(H,12,16). The van der Waals surface area contributed by atoms with E-state index in [2.05, 4.69) is 15.7 Å². The average molecular weight is 221 g/mol. The van der Waals surface area contributed by atoms with Crippen LogP contribution in [0.4, 0.5) is 10.6 Å². The van der Waals surface area contributed by atoms with E-state index in [0.717, 1.165) is 10.5 Å². The first-order valence-electron chi connectivity index (χ1n) is 4.70. The maximum Gasteiger partial charge on any atom is 0.324 e. The van der Waals surface area contributed by atoms with Gasteiger partial charge in [-0.15, -0.1) is 0 Å². The lowest BCUT2D eigenvalue weighted by molar-refractivity contribution is -0.125. The molecule has 0 saturated carbocycles. The number of anilines is 1. The summed E-state index contributed by atoms with van der Waals surface area (Å²) in [6.45, 7) is 0.289. The van der Waals surface area contributed by atoms with Gasteiger partial charge in [-0.25, -0.2) is 15.6 Å². The van der Waals surface area contributed by atoms with E-state index in [-0.39, 0.29) is 25.0 Å². The molecule has 0 atom stereocenters. The molecular weight excluding hydrogens is 210 g/mol. The van der Waals surface area contributed by atoms with Gasteiger partial charge < -0.3 is 10.7 Å². The van der Waals surface area contributed by atoms with Crippen LogP contribution in [0.25, 0.3) is 0 Å². The summed E-state index contributed by atoms with van der Waals surface area (Å²) in [4.78, 5) is 27.7. The Labute approximate surface area is 91.6 Å². The first-order chi connectivity index (χ1) is 7.70. The number of carbonyl (C=O) groups is 2. The molecule has 0 bridgehead atoms. The molecule has 0 unspecified atom stereocenters. The van der Waals surface area contributed by atoms with Crippen molar-refractivity contribution in [2.24, 2.45) is 5.84 Å². The number of pyridine rings is 1. The number of carbonyl (C=O) groups excluding carboxylic acids is 2. The molecule has 3 amide bonds. The highest BCUT2D eigenvalue weighted by atomic mass is 16.2. The van der Waals surface area contributed by atoms with E-state index < -0.39 is 0 Å². The molecule has 2 rings (SSSR count). The van der Waals surface area contributed by atoms with Crippen molar-refractivity contribution < 1.29 is 9.59 Å². The predicted molar refractivity (Wildman–Crippen MR) is 56.0 cm³/mol. The number of nitrogen functional groups attached to an aromatic ring is 1. The van der Waals surface area contributed by atoms with Crippen molar-refractivity contribution >= 4 is 17.8 Å². The quantitative estimate of drug-likeness (QED) is 0.360. The van der Waals surface area contributed by atoms with Gasteiger partial charge in [-0.1, -0.05) is 6.07 Å². The monoisotopic (exact) mass is 221 g/mol. The Bertz CT molecular complexity index is 400. The van der Waals surface area contributed by atoms with Crippen molar-refractivity contribution in [2.45, 2.75) is 6.54 Å². The highest BCUT2D eigenvalue weighted by Crippen LogP contribution is 2.09. The van der Waals surface area contributed by atoms with Gasteiger partial charge in [0, 0.05) is 6.20 Å². The molecule has 1 fully saturated rings. The molecule has 0 aromatic carbocycles. The zero-order valence-electron chi connectivity index (χ0n) is 8.43. The summed E-state index contributed by atoms with van der Waals surface area (Å²) in [6, 6.07) is 3.06. The average Bonchev–Trinajstić information content (AvgIpc) is 2.62. The molecule has 1 aromatic rings. The predicted octanol–water partition coefficient (Wildman–Crippen LogP) is -0.581. The van der Waals surface area contributed by atoms with E-state index in [0.29, 0.717) is 5.82 Å². The van der Waals surface area contributed by atoms with Crippen LogP contribution in [0.3, 0.4) is 0 Å². The molecule has 1 aliphatic rings. The molecule has 1 saturated heterocycles. The van der Waals surface area contributed by atoms with Crippen LogP contribution in [0.15, 0.2) is 18.3 Å². The van der Waals surface area contributed by atoms with Crippen molar-refractivity contribution in [2.75, 3.05) is 12.0 Å². The highest BCUT2D eigenvalue weighted by molar-refractivity contribution is 6.01. The van der Waals surface area contributed by atoms with Gasteiger partial charge in [-0.2, -0.15) is 0 Å². The Hall–Kier alpha value is -2.15. The van der Waals surface area contributed by atoms with Gasteiger partial charge in [0.05, 0.1) is 13.1 Å². The number of hydrazine groups is 1. The first-order valence-corrected chi connectivity index (χ1v) is 4.70. The van der Waals surface area contributed by atoms with Crippen LogP contribution in [0, 0.1) is 0 Å². The van der Waals surface area contributed by atoms with Gasteiger partial charge in [-0.3, -0.25) is 9.69 Å². The topological polar surface area (TPSA) is 100 Å². The van der Waals surface area contributed by atoms with Crippen LogP contribution < -0.4 is 16.6 Å². The summed E-state index contributed by atoms with van der Waals surface area (Å²) in [5.41, 5.74) is 3.16. The summed E-state index contributed by atoms with van der Waals surface area (Å²) in [6.07, 6.45) is 1.56. The zero-order chi connectivity index (χ0) is 11.5. The molecule has 2 heterocycles. The minimum atomic E-state index is -0.369. The molecular formula is C9H11N5O2.